The summed E-state index contributed by atoms with van der Waals surface area (Å²) in [5, 5.41) is 30.1. The zero-order chi connectivity index (χ0) is 11.4. The molecule has 0 heterocycles. The highest BCUT2D eigenvalue weighted by Crippen LogP contribution is 2.37. The van der Waals surface area contributed by atoms with Crippen LogP contribution in [0.25, 0.3) is 0 Å². The molecule has 1 aromatic carbocycles. The third-order valence-electron chi connectivity index (χ3n) is 2.11. The Morgan fingerprint density at radius 3 is 2.53 bits per heavy atom. The van der Waals surface area contributed by atoms with Crippen LogP contribution in [0.2, 0.25) is 0 Å². The highest BCUT2D eigenvalue weighted by Gasteiger charge is 2.11. The van der Waals surface area contributed by atoms with Gasteiger partial charge in [-0.1, -0.05) is 6.07 Å². The molecular weight excluding hydrogens is 198 g/mol. The summed E-state index contributed by atoms with van der Waals surface area (Å²) in [6.45, 7) is 0. The van der Waals surface area contributed by atoms with Gasteiger partial charge in [0.15, 0.2) is 11.5 Å². The van der Waals surface area contributed by atoms with Crippen molar-refractivity contribution in [2.45, 2.75) is 12.8 Å². The number of phenols is 3. The fourth-order valence-electron chi connectivity index (χ4n) is 1.19. The molecule has 0 spiro atoms. The molecule has 0 unspecified atom stereocenters. The molecule has 0 aliphatic carbocycles. The van der Waals surface area contributed by atoms with Gasteiger partial charge < -0.3 is 20.6 Å². The van der Waals surface area contributed by atoms with Crippen LogP contribution in [-0.2, 0) is 11.2 Å². The summed E-state index contributed by atoms with van der Waals surface area (Å²) in [7, 11) is 1.52. The number of carbonyl (C=O) groups is 1. The molecule has 0 aliphatic heterocycles. The van der Waals surface area contributed by atoms with Gasteiger partial charge in [0.05, 0.1) is 0 Å². The number of aryl methyl sites for hydroxylation is 1. The summed E-state index contributed by atoms with van der Waals surface area (Å²) in [5.74, 6) is -1.46. The van der Waals surface area contributed by atoms with Crippen molar-refractivity contribution in [2.75, 3.05) is 7.05 Å². The molecule has 0 radical (unpaired) electrons. The van der Waals surface area contributed by atoms with Crippen molar-refractivity contribution in [3.63, 3.8) is 0 Å². The van der Waals surface area contributed by atoms with Gasteiger partial charge in [-0.3, -0.25) is 4.79 Å². The minimum absolute atomic E-state index is 0.151. The summed E-state index contributed by atoms with van der Waals surface area (Å²) >= 11 is 0. The van der Waals surface area contributed by atoms with Gasteiger partial charge in [0.2, 0.25) is 11.7 Å². The van der Waals surface area contributed by atoms with E-state index in [4.69, 9.17) is 5.11 Å². The Balaban J connectivity index is 2.78. The maximum Gasteiger partial charge on any atom is 0.220 e. The van der Waals surface area contributed by atoms with Gasteiger partial charge in [0, 0.05) is 13.5 Å². The number of hydrogen-bond donors (Lipinski definition) is 4. The first kappa shape index (κ1) is 11.2. The lowest BCUT2D eigenvalue weighted by Gasteiger charge is -2.06. The molecule has 1 aromatic rings. The fraction of sp³-hybridized carbons (Fsp3) is 0.300. The van der Waals surface area contributed by atoms with Gasteiger partial charge in [-0.15, -0.1) is 0 Å². The minimum Gasteiger partial charge on any atom is -0.504 e. The number of nitrogens with one attached hydrogen (secondary N) is 1. The molecule has 1 rings (SSSR count). The van der Waals surface area contributed by atoms with Crippen molar-refractivity contribution in [1.82, 2.24) is 5.32 Å². The Morgan fingerprint density at radius 1 is 1.27 bits per heavy atom. The zero-order valence-corrected chi connectivity index (χ0v) is 8.32. The number of aromatic hydroxyl groups is 3. The monoisotopic (exact) mass is 211 g/mol. The van der Waals surface area contributed by atoms with Crippen molar-refractivity contribution in [1.29, 1.82) is 0 Å². The van der Waals surface area contributed by atoms with Crippen LogP contribution >= 0.6 is 0 Å². The van der Waals surface area contributed by atoms with E-state index in [0.29, 0.717) is 12.0 Å². The second kappa shape index (κ2) is 4.54. The van der Waals surface area contributed by atoms with Crippen molar-refractivity contribution in [2.24, 2.45) is 0 Å². The highest BCUT2D eigenvalue weighted by molar-refractivity contribution is 5.76. The number of benzene rings is 1. The number of amides is 1. The third-order valence-corrected chi connectivity index (χ3v) is 2.11. The van der Waals surface area contributed by atoms with Crippen LogP contribution in [0.1, 0.15) is 12.0 Å². The topological polar surface area (TPSA) is 89.8 Å². The molecule has 0 bridgehead atoms. The quantitative estimate of drug-likeness (QED) is 0.547. The largest absolute Gasteiger partial charge is 0.504 e. The number of phenolic OH excluding ortho intramolecular Hbond substituents is 3. The van der Waals surface area contributed by atoms with Gasteiger partial charge in [-0.05, 0) is 18.1 Å². The maximum atomic E-state index is 10.9. The second-order valence-corrected chi connectivity index (χ2v) is 3.11. The molecule has 0 saturated heterocycles. The summed E-state index contributed by atoms with van der Waals surface area (Å²) in [6, 6.07) is 2.74. The fourth-order valence-corrected chi connectivity index (χ4v) is 1.19. The molecule has 0 saturated carbocycles. The lowest BCUT2D eigenvalue weighted by Crippen LogP contribution is -2.17. The molecule has 0 aliphatic rings. The predicted octanol–water partition coefficient (Wildman–Crippen LogP) is 0.482. The summed E-state index contributed by atoms with van der Waals surface area (Å²) < 4.78 is 0. The Labute approximate surface area is 87.0 Å². The Kier molecular flexibility index (Phi) is 3.38. The van der Waals surface area contributed by atoms with Crippen molar-refractivity contribution in [3.05, 3.63) is 17.7 Å². The van der Waals surface area contributed by atoms with Gasteiger partial charge in [0.25, 0.3) is 0 Å². The standard InChI is InChI=1S/C10H13NO4/c1-11-8(13)5-3-6-2-4-7(12)10(15)9(6)14/h2,4,12,14-15H,3,5H2,1H3,(H,11,13). The van der Waals surface area contributed by atoms with Crippen LogP contribution in [0.4, 0.5) is 0 Å². The minimum atomic E-state index is -0.551. The molecule has 1 amide bonds. The third kappa shape index (κ3) is 2.52. The summed E-state index contributed by atoms with van der Waals surface area (Å²) in [5.41, 5.74) is 0.425. The van der Waals surface area contributed by atoms with Gasteiger partial charge in [0.1, 0.15) is 0 Å². The molecule has 0 aromatic heterocycles. The summed E-state index contributed by atoms with van der Waals surface area (Å²) in [4.78, 5) is 10.9. The first-order chi connectivity index (χ1) is 7.06. The van der Waals surface area contributed by atoms with Crippen molar-refractivity contribution >= 4 is 5.91 Å². The predicted molar refractivity (Wildman–Crippen MR) is 53.8 cm³/mol. The molecule has 5 nitrogen and oxygen atoms in total. The van der Waals surface area contributed by atoms with E-state index in [0.717, 1.165) is 0 Å². The van der Waals surface area contributed by atoms with Crippen LogP contribution in [0, 0.1) is 0 Å². The van der Waals surface area contributed by atoms with Gasteiger partial charge in [-0.2, -0.15) is 0 Å². The van der Waals surface area contributed by atoms with E-state index in [1.807, 2.05) is 0 Å². The van der Waals surface area contributed by atoms with Crippen LogP contribution in [0.15, 0.2) is 12.1 Å². The summed E-state index contributed by atoms with van der Waals surface area (Å²) in [6.07, 6.45) is 0.521. The molecule has 0 fully saturated rings. The van der Waals surface area contributed by atoms with Crippen molar-refractivity contribution < 1.29 is 20.1 Å². The van der Waals surface area contributed by atoms with Crippen LogP contribution < -0.4 is 5.32 Å². The number of rotatable bonds is 3. The molecule has 5 heteroatoms. The first-order valence-electron chi connectivity index (χ1n) is 4.49. The van der Waals surface area contributed by atoms with E-state index >= 15 is 0 Å². The Bertz CT molecular complexity index is 376. The average Bonchev–Trinajstić information content (AvgIpc) is 2.24. The van der Waals surface area contributed by atoms with E-state index < -0.39 is 5.75 Å². The second-order valence-electron chi connectivity index (χ2n) is 3.11. The average molecular weight is 211 g/mol. The maximum absolute atomic E-state index is 10.9. The van der Waals surface area contributed by atoms with E-state index in [1.54, 1.807) is 0 Å². The van der Waals surface area contributed by atoms with Crippen molar-refractivity contribution in [3.8, 4) is 17.2 Å². The Morgan fingerprint density at radius 2 is 1.93 bits per heavy atom. The SMILES string of the molecule is CNC(=O)CCc1ccc(O)c(O)c1O. The van der Waals surface area contributed by atoms with E-state index in [1.165, 1.54) is 19.2 Å². The van der Waals surface area contributed by atoms with E-state index in [9.17, 15) is 15.0 Å². The number of carbonyl (C=O) groups excluding carboxylic acids is 1. The zero-order valence-electron chi connectivity index (χ0n) is 8.32. The lowest BCUT2D eigenvalue weighted by atomic mass is 10.1. The molecular formula is C10H13NO4. The molecule has 15 heavy (non-hydrogen) atoms. The van der Waals surface area contributed by atoms with Gasteiger partial charge in [-0.25, -0.2) is 0 Å². The van der Waals surface area contributed by atoms with Gasteiger partial charge >= 0.3 is 0 Å². The van der Waals surface area contributed by atoms with Crippen LogP contribution in [-0.4, -0.2) is 28.3 Å². The van der Waals surface area contributed by atoms with Crippen LogP contribution in [0.5, 0.6) is 17.2 Å². The van der Waals surface area contributed by atoms with E-state index in [2.05, 4.69) is 5.32 Å². The normalized spacial score (nSPS) is 9.93. The smallest absolute Gasteiger partial charge is 0.220 e. The Hall–Kier alpha value is -1.91. The molecule has 4 N–H and O–H groups in total. The van der Waals surface area contributed by atoms with Crippen LogP contribution in [0.3, 0.4) is 0 Å². The molecule has 0 atom stereocenters. The lowest BCUT2D eigenvalue weighted by molar-refractivity contribution is -0.120. The first-order valence-corrected chi connectivity index (χ1v) is 4.49. The van der Waals surface area contributed by atoms with E-state index in [-0.39, 0.29) is 23.8 Å². The number of hydrogen-bond acceptors (Lipinski definition) is 4. The highest BCUT2D eigenvalue weighted by atomic mass is 16.3. The molecule has 82 valence electrons.